The third-order valence-electron chi connectivity index (χ3n) is 3.80. The normalized spacial score (nSPS) is 26.1. The van der Waals surface area contributed by atoms with Crippen molar-refractivity contribution >= 4 is 5.91 Å². The molecule has 0 aromatic heterocycles. The summed E-state index contributed by atoms with van der Waals surface area (Å²) < 4.78 is 0. The molecule has 1 aliphatic rings. The Morgan fingerprint density at radius 2 is 2.18 bits per heavy atom. The molecule has 0 aliphatic heterocycles. The summed E-state index contributed by atoms with van der Waals surface area (Å²) in [4.78, 5) is 12.0. The Kier molecular flexibility index (Phi) is 2.96. The molecule has 2 N–H and O–H groups in total. The highest BCUT2D eigenvalue weighted by molar-refractivity contribution is 5.94. The molecule has 3 heteroatoms. The molecule has 1 amide bonds. The maximum absolute atomic E-state index is 12.0. The summed E-state index contributed by atoms with van der Waals surface area (Å²) in [6, 6.07) is 7.59. The molecule has 0 spiro atoms. The van der Waals surface area contributed by atoms with Gasteiger partial charge in [-0.1, -0.05) is 31.5 Å². The first-order chi connectivity index (χ1) is 7.91. The molecule has 3 nitrogen and oxygen atoms in total. The predicted octanol–water partition coefficient (Wildman–Crippen LogP) is 1.88. The molecule has 1 aromatic carbocycles. The van der Waals surface area contributed by atoms with Crippen LogP contribution in [0.15, 0.2) is 24.3 Å². The van der Waals surface area contributed by atoms with E-state index >= 15 is 0 Å². The second kappa shape index (κ2) is 4.15. The number of nitrogens with one attached hydrogen (secondary N) is 1. The SMILES string of the molecule is Cc1cccc(C(=O)NC2CC(O)C2(C)C)c1. The van der Waals surface area contributed by atoms with Gasteiger partial charge in [-0.15, -0.1) is 0 Å². The lowest BCUT2D eigenvalue weighted by Gasteiger charge is -2.49. The van der Waals surface area contributed by atoms with E-state index in [2.05, 4.69) is 5.32 Å². The lowest BCUT2D eigenvalue weighted by Crippen LogP contribution is -2.61. The van der Waals surface area contributed by atoms with Crippen molar-refractivity contribution < 1.29 is 9.90 Å². The number of carbonyl (C=O) groups excluding carboxylic acids is 1. The molecule has 1 fully saturated rings. The van der Waals surface area contributed by atoms with Crippen molar-refractivity contribution in [1.29, 1.82) is 0 Å². The average molecular weight is 233 g/mol. The molecule has 2 atom stereocenters. The van der Waals surface area contributed by atoms with Crippen LogP contribution >= 0.6 is 0 Å². The summed E-state index contributed by atoms with van der Waals surface area (Å²) in [5.74, 6) is -0.0568. The Labute approximate surface area is 102 Å². The summed E-state index contributed by atoms with van der Waals surface area (Å²) in [6.45, 7) is 5.92. The van der Waals surface area contributed by atoms with Crippen molar-refractivity contribution in [2.24, 2.45) is 5.41 Å². The summed E-state index contributed by atoms with van der Waals surface area (Å²) in [5, 5.41) is 12.6. The minimum Gasteiger partial charge on any atom is -0.392 e. The van der Waals surface area contributed by atoms with Crippen molar-refractivity contribution in [3.8, 4) is 0 Å². The molecule has 2 rings (SSSR count). The molecule has 1 aliphatic carbocycles. The highest BCUT2D eigenvalue weighted by Gasteiger charge is 2.47. The number of amides is 1. The van der Waals surface area contributed by atoms with Gasteiger partial charge in [0.05, 0.1) is 6.10 Å². The Balaban J connectivity index is 2.04. The largest absolute Gasteiger partial charge is 0.392 e. The summed E-state index contributed by atoms with van der Waals surface area (Å²) in [7, 11) is 0. The van der Waals surface area contributed by atoms with Crippen molar-refractivity contribution in [1.82, 2.24) is 5.32 Å². The zero-order valence-electron chi connectivity index (χ0n) is 10.5. The molecule has 0 heterocycles. The van der Waals surface area contributed by atoms with Gasteiger partial charge < -0.3 is 10.4 Å². The van der Waals surface area contributed by atoms with Gasteiger partial charge in [0, 0.05) is 17.0 Å². The zero-order chi connectivity index (χ0) is 12.6. The van der Waals surface area contributed by atoms with Crippen LogP contribution < -0.4 is 5.32 Å². The van der Waals surface area contributed by atoms with E-state index in [0.29, 0.717) is 12.0 Å². The molecular formula is C14H19NO2. The average Bonchev–Trinajstić information content (AvgIpc) is 2.28. The van der Waals surface area contributed by atoms with Gasteiger partial charge in [-0.2, -0.15) is 0 Å². The standard InChI is InChI=1S/C14H19NO2/c1-9-5-4-6-10(7-9)13(17)15-11-8-12(16)14(11,2)3/h4-7,11-12,16H,8H2,1-3H3,(H,15,17). The number of hydrogen-bond acceptors (Lipinski definition) is 2. The molecule has 1 saturated carbocycles. The third-order valence-corrected chi connectivity index (χ3v) is 3.80. The molecule has 0 radical (unpaired) electrons. The van der Waals surface area contributed by atoms with E-state index in [1.54, 1.807) is 0 Å². The van der Waals surface area contributed by atoms with Crippen LogP contribution in [0.1, 0.15) is 36.2 Å². The van der Waals surface area contributed by atoms with Crippen LogP contribution in [0.2, 0.25) is 0 Å². The van der Waals surface area contributed by atoms with Gasteiger partial charge in [-0.25, -0.2) is 0 Å². The smallest absolute Gasteiger partial charge is 0.251 e. The molecule has 0 bridgehead atoms. The zero-order valence-corrected chi connectivity index (χ0v) is 10.5. The highest BCUT2D eigenvalue weighted by Crippen LogP contribution is 2.40. The van der Waals surface area contributed by atoms with Crippen LogP contribution in [0.5, 0.6) is 0 Å². The summed E-state index contributed by atoms with van der Waals surface area (Å²) in [5.41, 5.74) is 1.53. The molecule has 17 heavy (non-hydrogen) atoms. The molecular weight excluding hydrogens is 214 g/mol. The van der Waals surface area contributed by atoms with Gasteiger partial charge in [0.15, 0.2) is 0 Å². The number of aryl methyl sites for hydroxylation is 1. The Morgan fingerprint density at radius 1 is 1.47 bits per heavy atom. The van der Waals surface area contributed by atoms with Crippen LogP contribution in [0.4, 0.5) is 0 Å². The quantitative estimate of drug-likeness (QED) is 0.819. The number of aliphatic hydroxyl groups excluding tert-OH is 1. The Hall–Kier alpha value is -1.35. The van der Waals surface area contributed by atoms with Gasteiger partial charge >= 0.3 is 0 Å². The first-order valence-corrected chi connectivity index (χ1v) is 5.97. The van der Waals surface area contributed by atoms with E-state index in [9.17, 15) is 9.90 Å². The van der Waals surface area contributed by atoms with Gasteiger partial charge in [0.25, 0.3) is 5.91 Å². The second-order valence-electron chi connectivity index (χ2n) is 5.47. The first kappa shape index (κ1) is 12.1. The molecule has 92 valence electrons. The molecule has 0 saturated heterocycles. The van der Waals surface area contributed by atoms with Gasteiger partial charge in [0.2, 0.25) is 0 Å². The fourth-order valence-corrected chi connectivity index (χ4v) is 2.18. The minimum absolute atomic E-state index is 0.0568. The number of aliphatic hydroxyl groups is 1. The van der Waals surface area contributed by atoms with Crippen molar-refractivity contribution in [2.45, 2.75) is 39.3 Å². The Bertz CT molecular complexity index is 440. The number of rotatable bonds is 2. The lowest BCUT2D eigenvalue weighted by atomic mass is 9.64. The number of hydrogen-bond donors (Lipinski definition) is 2. The van der Waals surface area contributed by atoms with Crippen molar-refractivity contribution in [2.75, 3.05) is 0 Å². The summed E-state index contributed by atoms with van der Waals surface area (Å²) in [6.07, 6.45) is 0.329. The maximum atomic E-state index is 12.0. The minimum atomic E-state index is -0.315. The second-order valence-corrected chi connectivity index (χ2v) is 5.47. The van der Waals surface area contributed by atoms with Crippen molar-refractivity contribution in [3.05, 3.63) is 35.4 Å². The maximum Gasteiger partial charge on any atom is 0.251 e. The summed E-state index contributed by atoms with van der Waals surface area (Å²) >= 11 is 0. The fraction of sp³-hybridized carbons (Fsp3) is 0.500. The lowest BCUT2D eigenvalue weighted by molar-refractivity contribution is -0.0689. The van der Waals surface area contributed by atoms with E-state index < -0.39 is 0 Å². The first-order valence-electron chi connectivity index (χ1n) is 5.97. The topological polar surface area (TPSA) is 49.3 Å². The van der Waals surface area contributed by atoms with Crippen LogP contribution in [0, 0.1) is 12.3 Å². The van der Waals surface area contributed by atoms with Gasteiger partial charge in [-0.3, -0.25) is 4.79 Å². The van der Waals surface area contributed by atoms with E-state index in [1.807, 2.05) is 45.0 Å². The van der Waals surface area contributed by atoms with Crippen LogP contribution in [-0.4, -0.2) is 23.2 Å². The van der Waals surface area contributed by atoms with Gasteiger partial charge in [0.1, 0.15) is 0 Å². The van der Waals surface area contributed by atoms with E-state index in [1.165, 1.54) is 0 Å². The van der Waals surface area contributed by atoms with E-state index in [4.69, 9.17) is 0 Å². The van der Waals surface area contributed by atoms with Crippen LogP contribution in [-0.2, 0) is 0 Å². The third kappa shape index (κ3) is 2.20. The predicted molar refractivity (Wildman–Crippen MR) is 66.8 cm³/mol. The molecule has 1 aromatic rings. The van der Waals surface area contributed by atoms with Gasteiger partial charge in [-0.05, 0) is 25.5 Å². The Morgan fingerprint density at radius 3 is 2.71 bits per heavy atom. The van der Waals surface area contributed by atoms with E-state index in [-0.39, 0.29) is 23.5 Å². The molecule has 2 unspecified atom stereocenters. The van der Waals surface area contributed by atoms with E-state index in [0.717, 1.165) is 5.56 Å². The highest BCUT2D eigenvalue weighted by atomic mass is 16.3. The number of benzene rings is 1. The van der Waals surface area contributed by atoms with Crippen LogP contribution in [0.3, 0.4) is 0 Å². The monoisotopic (exact) mass is 233 g/mol. The van der Waals surface area contributed by atoms with Crippen LogP contribution in [0.25, 0.3) is 0 Å². The van der Waals surface area contributed by atoms with Crippen molar-refractivity contribution in [3.63, 3.8) is 0 Å². The number of carbonyl (C=O) groups is 1. The fourth-order valence-electron chi connectivity index (χ4n) is 2.18.